The number of rotatable bonds is 6. The van der Waals surface area contributed by atoms with Gasteiger partial charge in [-0.1, -0.05) is 0 Å². The zero-order chi connectivity index (χ0) is 22.7. The maximum atomic E-state index is 13.3. The van der Waals surface area contributed by atoms with Crippen molar-refractivity contribution in [2.24, 2.45) is 5.92 Å². The zero-order valence-corrected chi connectivity index (χ0v) is 18.5. The lowest BCUT2D eigenvalue weighted by Gasteiger charge is -2.25. The maximum Gasteiger partial charge on any atom is 0.254 e. The van der Waals surface area contributed by atoms with E-state index >= 15 is 0 Å². The Morgan fingerprint density at radius 3 is 2.66 bits per heavy atom. The molecule has 0 fully saturated rings. The van der Waals surface area contributed by atoms with Crippen molar-refractivity contribution in [1.29, 1.82) is 0 Å². The predicted octanol–water partition coefficient (Wildman–Crippen LogP) is 3.34. The number of carbonyl (C=O) groups is 1. The van der Waals surface area contributed by atoms with E-state index < -0.39 is 0 Å². The topological polar surface area (TPSA) is 83.9 Å². The molecule has 1 aromatic carbocycles. The molecule has 2 aromatic heterocycles. The Morgan fingerprint density at radius 2 is 1.97 bits per heavy atom. The Morgan fingerprint density at radius 1 is 1.22 bits per heavy atom. The summed E-state index contributed by atoms with van der Waals surface area (Å²) in [7, 11) is 0. The van der Waals surface area contributed by atoms with Crippen LogP contribution in [0.1, 0.15) is 43.5 Å². The fourth-order valence-electron chi connectivity index (χ4n) is 4.26. The molecule has 168 valence electrons. The third-order valence-electron chi connectivity index (χ3n) is 6.12. The third kappa shape index (κ3) is 4.64. The molecule has 4 rings (SSSR count). The first-order chi connectivity index (χ1) is 15.5. The summed E-state index contributed by atoms with van der Waals surface area (Å²) < 4.78 is 15.1. The highest BCUT2D eigenvalue weighted by molar-refractivity contribution is 5.79. The molecule has 3 aromatic rings. The van der Waals surface area contributed by atoms with Crippen LogP contribution in [0.25, 0.3) is 11.4 Å². The number of H-pyrrole nitrogens is 1. The van der Waals surface area contributed by atoms with Crippen LogP contribution in [0.2, 0.25) is 0 Å². The van der Waals surface area contributed by atoms with E-state index in [4.69, 9.17) is 0 Å². The van der Waals surface area contributed by atoms with E-state index in [0.717, 1.165) is 17.8 Å². The second-order valence-corrected chi connectivity index (χ2v) is 8.18. The quantitative estimate of drug-likeness (QED) is 0.600. The lowest BCUT2D eigenvalue weighted by atomic mass is 9.98. The Balaban J connectivity index is 1.50. The largest absolute Gasteiger partial charge is 0.338 e. The number of halogens is 1. The fourth-order valence-corrected chi connectivity index (χ4v) is 4.26. The summed E-state index contributed by atoms with van der Waals surface area (Å²) >= 11 is 0. The van der Waals surface area contributed by atoms with E-state index in [-0.39, 0.29) is 23.2 Å². The average Bonchev–Trinajstić information content (AvgIpc) is 3.14. The van der Waals surface area contributed by atoms with Crippen molar-refractivity contribution in [2.45, 2.75) is 52.6 Å². The SMILES string of the molecule is CCN(Cc1cnn(CC)c1)C(=O)C1CCc2nc(-c3ccc(F)cc3)[nH]c(=O)c2CC1. The number of nitrogens with one attached hydrogen (secondary N) is 1. The number of hydrogen-bond donors (Lipinski definition) is 1. The van der Waals surface area contributed by atoms with Gasteiger partial charge in [0.1, 0.15) is 11.6 Å². The van der Waals surface area contributed by atoms with Crippen molar-refractivity contribution in [3.05, 3.63) is 69.7 Å². The highest BCUT2D eigenvalue weighted by Crippen LogP contribution is 2.25. The number of aromatic amines is 1. The molecule has 0 saturated heterocycles. The highest BCUT2D eigenvalue weighted by atomic mass is 19.1. The zero-order valence-electron chi connectivity index (χ0n) is 18.5. The van der Waals surface area contributed by atoms with Gasteiger partial charge < -0.3 is 9.88 Å². The van der Waals surface area contributed by atoms with E-state index in [9.17, 15) is 14.0 Å². The van der Waals surface area contributed by atoms with Crippen molar-refractivity contribution in [2.75, 3.05) is 6.54 Å². The van der Waals surface area contributed by atoms with E-state index in [1.807, 2.05) is 35.8 Å². The molecule has 1 aliphatic carbocycles. The van der Waals surface area contributed by atoms with Crippen LogP contribution in [-0.4, -0.2) is 37.1 Å². The van der Waals surface area contributed by atoms with Crippen LogP contribution >= 0.6 is 0 Å². The lowest BCUT2D eigenvalue weighted by molar-refractivity contribution is -0.136. The molecule has 0 radical (unpaired) electrons. The van der Waals surface area contributed by atoms with Gasteiger partial charge in [0.15, 0.2) is 0 Å². The van der Waals surface area contributed by atoms with Gasteiger partial charge in [-0.3, -0.25) is 14.3 Å². The first kappa shape index (κ1) is 21.9. The van der Waals surface area contributed by atoms with E-state index in [1.54, 1.807) is 12.1 Å². The average molecular weight is 438 g/mol. The van der Waals surface area contributed by atoms with Gasteiger partial charge in [0.05, 0.1) is 11.9 Å². The molecular formula is C24H28FN5O2. The molecule has 1 unspecified atom stereocenters. The minimum absolute atomic E-state index is 0.111. The second kappa shape index (κ2) is 9.46. The fraction of sp³-hybridized carbons (Fsp3) is 0.417. The van der Waals surface area contributed by atoms with E-state index in [0.29, 0.717) is 55.7 Å². The molecule has 7 nitrogen and oxygen atoms in total. The number of fused-ring (bicyclic) bond motifs is 1. The van der Waals surface area contributed by atoms with Crippen molar-refractivity contribution in [3.8, 4) is 11.4 Å². The van der Waals surface area contributed by atoms with Crippen LogP contribution in [0, 0.1) is 11.7 Å². The molecule has 2 heterocycles. The summed E-state index contributed by atoms with van der Waals surface area (Å²) in [6, 6.07) is 5.89. The molecular weight excluding hydrogens is 409 g/mol. The van der Waals surface area contributed by atoms with Crippen LogP contribution in [0.4, 0.5) is 4.39 Å². The van der Waals surface area contributed by atoms with Crippen LogP contribution in [0.5, 0.6) is 0 Å². The minimum Gasteiger partial charge on any atom is -0.338 e. The molecule has 1 atom stereocenters. The smallest absolute Gasteiger partial charge is 0.254 e. The number of carbonyl (C=O) groups excluding carboxylic acids is 1. The minimum atomic E-state index is -0.338. The van der Waals surface area contributed by atoms with Crippen LogP contribution in [0.15, 0.2) is 41.5 Å². The number of hydrogen-bond acceptors (Lipinski definition) is 4. The molecule has 0 bridgehead atoms. The molecule has 1 amide bonds. The Labute approximate surface area is 186 Å². The lowest BCUT2D eigenvalue weighted by Crippen LogP contribution is -2.35. The maximum absolute atomic E-state index is 13.3. The van der Waals surface area contributed by atoms with Crippen LogP contribution < -0.4 is 5.56 Å². The second-order valence-electron chi connectivity index (χ2n) is 8.18. The molecule has 8 heteroatoms. The van der Waals surface area contributed by atoms with Crippen molar-refractivity contribution in [3.63, 3.8) is 0 Å². The van der Waals surface area contributed by atoms with Crippen molar-refractivity contribution < 1.29 is 9.18 Å². The van der Waals surface area contributed by atoms with Gasteiger partial charge in [0, 0.05) is 48.4 Å². The molecule has 1 N–H and O–H groups in total. The summed E-state index contributed by atoms with van der Waals surface area (Å²) in [5, 5.41) is 4.30. The van der Waals surface area contributed by atoms with E-state index in [1.165, 1.54) is 12.1 Å². The number of nitrogens with zero attached hydrogens (tertiary/aromatic N) is 4. The third-order valence-corrected chi connectivity index (χ3v) is 6.12. The standard InChI is InChI=1S/C24H28FN5O2/c1-3-29(14-16-13-26-30(4-2)15-16)24(32)18-7-11-20-21(12-8-18)27-22(28-23(20)31)17-5-9-19(25)10-6-17/h5-6,9-10,13,15,18H,3-4,7-8,11-12,14H2,1-2H3,(H,27,28,31). The Bertz CT molecular complexity index is 1150. The molecule has 32 heavy (non-hydrogen) atoms. The van der Waals surface area contributed by atoms with Crippen LogP contribution in [-0.2, 0) is 30.7 Å². The number of benzene rings is 1. The first-order valence-electron chi connectivity index (χ1n) is 11.2. The Kier molecular flexibility index (Phi) is 6.48. The molecule has 0 spiro atoms. The summed E-state index contributed by atoms with van der Waals surface area (Å²) in [5.41, 5.74) is 2.88. The summed E-state index contributed by atoms with van der Waals surface area (Å²) in [6.45, 7) is 5.96. The first-order valence-corrected chi connectivity index (χ1v) is 11.2. The predicted molar refractivity (Wildman–Crippen MR) is 119 cm³/mol. The van der Waals surface area contributed by atoms with Gasteiger partial charge in [-0.05, 0) is 63.8 Å². The summed E-state index contributed by atoms with van der Waals surface area (Å²) in [5.74, 6) is 0.0511. The van der Waals surface area contributed by atoms with Gasteiger partial charge in [-0.2, -0.15) is 5.10 Å². The monoisotopic (exact) mass is 437 g/mol. The Hall–Kier alpha value is -3.29. The van der Waals surface area contributed by atoms with E-state index in [2.05, 4.69) is 15.1 Å². The van der Waals surface area contributed by atoms with Gasteiger partial charge >= 0.3 is 0 Å². The van der Waals surface area contributed by atoms with Gasteiger partial charge in [-0.15, -0.1) is 0 Å². The van der Waals surface area contributed by atoms with Crippen molar-refractivity contribution >= 4 is 5.91 Å². The summed E-state index contributed by atoms with van der Waals surface area (Å²) in [6.07, 6.45) is 6.13. The normalized spacial score (nSPS) is 15.8. The van der Waals surface area contributed by atoms with Gasteiger partial charge in [-0.25, -0.2) is 9.37 Å². The number of amides is 1. The van der Waals surface area contributed by atoms with Crippen molar-refractivity contribution in [1.82, 2.24) is 24.6 Å². The number of aryl methyl sites for hydroxylation is 2. The van der Waals surface area contributed by atoms with Gasteiger partial charge in [0.2, 0.25) is 5.91 Å². The molecule has 0 saturated carbocycles. The summed E-state index contributed by atoms with van der Waals surface area (Å²) in [4.78, 5) is 35.4. The highest BCUT2D eigenvalue weighted by Gasteiger charge is 2.28. The molecule has 1 aliphatic rings. The molecule has 0 aliphatic heterocycles. The van der Waals surface area contributed by atoms with Crippen LogP contribution in [0.3, 0.4) is 0 Å². The van der Waals surface area contributed by atoms with Gasteiger partial charge in [0.25, 0.3) is 5.56 Å². The number of aromatic nitrogens is 4.